The lowest BCUT2D eigenvalue weighted by Crippen LogP contribution is -2.45. The lowest BCUT2D eigenvalue weighted by molar-refractivity contribution is -0.128. The molecule has 0 aliphatic heterocycles. The maximum Gasteiger partial charge on any atom is 0.242 e. The first-order valence-corrected chi connectivity index (χ1v) is 10.9. The smallest absolute Gasteiger partial charge is 0.242 e. The highest BCUT2D eigenvalue weighted by Crippen LogP contribution is 2.32. The molecule has 2 amide bonds. The first-order valence-electron chi connectivity index (χ1n) is 8.31. The van der Waals surface area contributed by atoms with Gasteiger partial charge in [0.15, 0.2) is 0 Å². The highest BCUT2D eigenvalue weighted by Gasteiger charge is 2.17. The minimum absolute atomic E-state index is 0.152. The number of halogens is 1. The van der Waals surface area contributed by atoms with E-state index in [0.717, 1.165) is 19.9 Å². The summed E-state index contributed by atoms with van der Waals surface area (Å²) in [6.45, 7) is 2.11. The van der Waals surface area contributed by atoms with Crippen LogP contribution in [0.2, 0.25) is 0 Å². The fraction of sp³-hybridized carbons (Fsp3) is 0.211. The van der Waals surface area contributed by atoms with E-state index in [1.807, 2.05) is 47.2 Å². The summed E-state index contributed by atoms with van der Waals surface area (Å²) in [6.07, 6.45) is 0.152. The summed E-state index contributed by atoms with van der Waals surface area (Å²) in [4.78, 5) is 29.9. The van der Waals surface area contributed by atoms with Crippen LogP contribution in [0.3, 0.4) is 0 Å². The molecule has 1 aromatic carbocycles. The fourth-order valence-electron chi connectivity index (χ4n) is 2.39. The maximum absolute atomic E-state index is 12.2. The van der Waals surface area contributed by atoms with Crippen molar-refractivity contribution in [2.75, 3.05) is 0 Å². The molecule has 2 aromatic heterocycles. The molecular weight excluding hydrogens is 446 g/mol. The molecule has 1 unspecified atom stereocenters. The van der Waals surface area contributed by atoms with Gasteiger partial charge in [0.25, 0.3) is 0 Å². The number of nitrogens with zero attached hydrogens (tertiary/aromatic N) is 1. The van der Waals surface area contributed by atoms with Crippen molar-refractivity contribution in [3.8, 4) is 9.88 Å². The van der Waals surface area contributed by atoms with E-state index in [0.29, 0.717) is 12.2 Å². The van der Waals surface area contributed by atoms with Gasteiger partial charge in [0.05, 0.1) is 17.0 Å². The first-order chi connectivity index (χ1) is 13.0. The average molecular weight is 464 g/mol. The van der Waals surface area contributed by atoms with Crippen molar-refractivity contribution in [1.82, 2.24) is 15.6 Å². The van der Waals surface area contributed by atoms with Crippen molar-refractivity contribution >= 4 is 50.4 Å². The molecule has 1 atom stereocenters. The van der Waals surface area contributed by atoms with Crippen molar-refractivity contribution in [3.63, 3.8) is 0 Å². The topological polar surface area (TPSA) is 71.1 Å². The second kappa shape index (κ2) is 9.25. The van der Waals surface area contributed by atoms with E-state index in [4.69, 9.17) is 0 Å². The number of nitrogens with one attached hydrogen (secondary N) is 2. The van der Waals surface area contributed by atoms with E-state index in [1.54, 1.807) is 18.3 Å². The van der Waals surface area contributed by atoms with Crippen molar-refractivity contribution in [1.29, 1.82) is 0 Å². The molecule has 0 radical (unpaired) electrons. The molecule has 0 saturated carbocycles. The molecule has 3 rings (SSSR count). The second-order valence-corrected chi connectivity index (χ2v) is 8.63. The van der Waals surface area contributed by atoms with Crippen LogP contribution in [0.4, 0.5) is 0 Å². The summed E-state index contributed by atoms with van der Waals surface area (Å²) in [5.41, 5.74) is 1.72. The Labute approximate surface area is 174 Å². The van der Waals surface area contributed by atoms with E-state index in [-0.39, 0.29) is 18.2 Å². The molecule has 2 heterocycles. The normalized spacial score (nSPS) is 11.8. The lowest BCUT2D eigenvalue weighted by Gasteiger charge is -2.14. The summed E-state index contributed by atoms with van der Waals surface area (Å²) in [5, 5.41) is 10.3. The number of thiophene rings is 1. The van der Waals surface area contributed by atoms with Crippen molar-refractivity contribution in [3.05, 3.63) is 62.9 Å². The molecule has 0 aliphatic rings. The largest absolute Gasteiger partial charge is 0.350 e. The van der Waals surface area contributed by atoms with Crippen LogP contribution in [0.15, 0.2) is 51.6 Å². The summed E-state index contributed by atoms with van der Waals surface area (Å²) < 4.78 is 1.02. The quantitative estimate of drug-likeness (QED) is 0.556. The van der Waals surface area contributed by atoms with Gasteiger partial charge in [-0.15, -0.1) is 22.7 Å². The molecule has 0 saturated heterocycles. The predicted octanol–water partition coefficient (Wildman–Crippen LogP) is 4.00. The zero-order valence-electron chi connectivity index (χ0n) is 14.6. The van der Waals surface area contributed by atoms with Gasteiger partial charge >= 0.3 is 0 Å². The van der Waals surface area contributed by atoms with E-state index in [9.17, 15) is 9.59 Å². The van der Waals surface area contributed by atoms with Gasteiger partial charge in [0.2, 0.25) is 11.8 Å². The van der Waals surface area contributed by atoms with Crippen LogP contribution >= 0.6 is 38.6 Å². The van der Waals surface area contributed by atoms with Gasteiger partial charge in [0.1, 0.15) is 11.0 Å². The fourth-order valence-corrected chi connectivity index (χ4v) is 4.71. The van der Waals surface area contributed by atoms with Gasteiger partial charge in [-0.2, -0.15) is 0 Å². The van der Waals surface area contributed by atoms with Crippen molar-refractivity contribution < 1.29 is 9.59 Å². The van der Waals surface area contributed by atoms with E-state index >= 15 is 0 Å². The first kappa shape index (κ1) is 19.7. The van der Waals surface area contributed by atoms with Crippen LogP contribution in [0.1, 0.15) is 18.2 Å². The summed E-state index contributed by atoms with van der Waals surface area (Å²) in [7, 11) is 0. The maximum atomic E-state index is 12.2. The Hall–Kier alpha value is -2.03. The third kappa shape index (κ3) is 5.72. The Morgan fingerprint density at radius 2 is 1.96 bits per heavy atom. The molecule has 8 heteroatoms. The second-order valence-electron chi connectivity index (χ2n) is 5.94. The molecule has 0 aliphatic carbocycles. The molecule has 5 nitrogen and oxygen atoms in total. The van der Waals surface area contributed by atoms with E-state index in [1.165, 1.54) is 11.3 Å². The Morgan fingerprint density at radius 3 is 2.67 bits per heavy atom. The highest BCUT2D eigenvalue weighted by molar-refractivity contribution is 9.10. The Kier molecular flexibility index (Phi) is 6.76. The van der Waals surface area contributed by atoms with Gasteiger partial charge in [0, 0.05) is 21.8 Å². The van der Waals surface area contributed by atoms with Crippen LogP contribution in [0, 0.1) is 0 Å². The predicted molar refractivity (Wildman–Crippen MR) is 113 cm³/mol. The minimum Gasteiger partial charge on any atom is -0.350 e. The summed E-state index contributed by atoms with van der Waals surface area (Å²) in [6, 6.07) is 11.0. The van der Waals surface area contributed by atoms with E-state index in [2.05, 4.69) is 31.5 Å². The van der Waals surface area contributed by atoms with E-state index < -0.39 is 6.04 Å². The Morgan fingerprint density at radius 1 is 1.19 bits per heavy atom. The highest BCUT2D eigenvalue weighted by atomic mass is 79.9. The molecule has 27 heavy (non-hydrogen) atoms. The number of hydrogen-bond acceptors (Lipinski definition) is 5. The zero-order chi connectivity index (χ0) is 19.2. The third-order valence-electron chi connectivity index (χ3n) is 3.75. The van der Waals surface area contributed by atoms with Crippen molar-refractivity contribution in [2.45, 2.75) is 25.9 Å². The number of hydrogen-bond donors (Lipinski definition) is 2. The third-order valence-corrected chi connectivity index (χ3v) is 6.50. The monoisotopic (exact) mass is 463 g/mol. The lowest BCUT2D eigenvalue weighted by atomic mass is 10.2. The number of rotatable bonds is 7. The van der Waals surface area contributed by atoms with Crippen LogP contribution in [0.25, 0.3) is 9.88 Å². The molecular formula is C19H18BrN3O2S2. The summed E-state index contributed by atoms with van der Waals surface area (Å²) >= 11 is 6.54. The molecule has 140 valence electrons. The summed E-state index contributed by atoms with van der Waals surface area (Å²) in [5.74, 6) is -0.434. The molecule has 0 spiro atoms. The van der Waals surface area contributed by atoms with Crippen molar-refractivity contribution in [2.24, 2.45) is 0 Å². The van der Waals surface area contributed by atoms with Gasteiger partial charge < -0.3 is 10.6 Å². The standard InChI is InChI=1S/C19H18BrN3O2S2/c1-12(18(25)21-9-13-5-3-2-4-6-13)22-17(24)8-15-11-27-19(23-15)16-7-14(20)10-26-16/h2-7,10-12H,8-9H2,1H3,(H,21,25)(H,22,24). The SMILES string of the molecule is CC(NC(=O)Cc1csc(-c2cc(Br)cs2)n1)C(=O)NCc1ccccc1. The minimum atomic E-state index is -0.604. The van der Waals surface area contributed by atoms with Gasteiger partial charge in [-0.3, -0.25) is 9.59 Å². The van der Waals surface area contributed by atoms with Crippen LogP contribution in [0.5, 0.6) is 0 Å². The zero-order valence-corrected chi connectivity index (χ0v) is 17.8. The molecule has 0 bridgehead atoms. The number of benzene rings is 1. The average Bonchev–Trinajstić information content (AvgIpc) is 3.29. The number of carbonyl (C=O) groups excluding carboxylic acids is 2. The number of thiazole rings is 1. The number of amides is 2. The molecule has 3 aromatic rings. The van der Waals surface area contributed by atoms with Gasteiger partial charge in [-0.1, -0.05) is 30.3 Å². The number of aromatic nitrogens is 1. The van der Waals surface area contributed by atoms with Gasteiger partial charge in [-0.25, -0.2) is 4.98 Å². The Balaban J connectivity index is 1.48. The number of carbonyl (C=O) groups is 2. The molecule has 2 N–H and O–H groups in total. The van der Waals surface area contributed by atoms with Crippen LogP contribution in [-0.4, -0.2) is 22.8 Å². The Bertz CT molecular complexity index is 924. The van der Waals surface area contributed by atoms with Gasteiger partial charge in [-0.05, 0) is 34.5 Å². The van der Waals surface area contributed by atoms with Crippen LogP contribution in [-0.2, 0) is 22.6 Å². The van der Waals surface area contributed by atoms with Crippen LogP contribution < -0.4 is 10.6 Å². The molecule has 0 fully saturated rings.